The average molecular weight is 562 g/mol. The highest BCUT2D eigenvalue weighted by atomic mass is 32.2. The molecule has 4 rings (SSSR count). The van der Waals surface area contributed by atoms with Crippen LogP contribution in [-0.2, 0) is 16.0 Å². The highest BCUT2D eigenvalue weighted by Gasteiger charge is 2.33. The second kappa shape index (κ2) is 12.8. The van der Waals surface area contributed by atoms with E-state index in [1.165, 1.54) is 17.3 Å². The van der Waals surface area contributed by atoms with E-state index in [2.05, 4.69) is 12.2 Å². The Kier molecular flexibility index (Phi) is 9.27. The molecule has 0 aliphatic carbocycles. The summed E-state index contributed by atoms with van der Waals surface area (Å²) in [6.45, 7) is 4.20. The first-order valence-corrected chi connectivity index (χ1v) is 13.8. The quantitative estimate of drug-likeness (QED) is 0.236. The molecule has 9 heteroatoms. The van der Waals surface area contributed by atoms with Crippen molar-refractivity contribution in [3.05, 3.63) is 82.8 Å². The summed E-state index contributed by atoms with van der Waals surface area (Å²) in [6, 6.07) is 20.7. The molecule has 1 aliphatic rings. The zero-order valence-corrected chi connectivity index (χ0v) is 24.0. The van der Waals surface area contributed by atoms with Gasteiger partial charge in [-0.2, -0.15) is 0 Å². The number of rotatable bonds is 10. The molecule has 0 atom stereocenters. The molecular weight excluding hydrogens is 530 g/mol. The highest BCUT2D eigenvalue weighted by Crippen LogP contribution is 2.37. The number of anilines is 3. The first-order valence-electron chi connectivity index (χ1n) is 12.6. The van der Waals surface area contributed by atoms with Crippen LogP contribution in [0.15, 0.2) is 71.6 Å². The highest BCUT2D eigenvalue weighted by molar-refractivity contribution is 8.27. The van der Waals surface area contributed by atoms with Gasteiger partial charge in [-0.05, 0) is 79.1 Å². The second-order valence-corrected chi connectivity index (χ2v) is 10.6. The Morgan fingerprint density at radius 2 is 1.72 bits per heavy atom. The van der Waals surface area contributed by atoms with E-state index in [-0.39, 0.29) is 18.4 Å². The van der Waals surface area contributed by atoms with Crippen molar-refractivity contribution in [2.24, 2.45) is 0 Å². The second-order valence-electron chi connectivity index (χ2n) is 8.95. The molecule has 0 unspecified atom stereocenters. The predicted octanol–water partition coefficient (Wildman–Crippen LogP) is 6.14. The van der Waals surface area contributed by atoms with Gasteiger partial charge in [-0.25, -0.2) is 0 Å². The lowest BCUT2D eigenvalue weighted by Crippen LogP contribution is -2.27. The van der Waals surface area contributed by atoms with E-state index in [0.717, 1.165) is 23.4 Å². The van der Waals surface area contributed by atoms with Gasteiger partial charge in [-0.1, -0.05) is 49.1 Å². The molecule has 2 amide bonds. The Morgan fingerprint density at radius 3 is 2.36 bits per heavy atom. The number of ether oxygens (including phenoxy) is 2. The van der Waals surface area contributed by atoms with E-state index in [4.69, 9.17) is 21.7 Å². The van der Waals surface area contributed by atoms with Crippen LogP contribution in [-0.4, -0.2) is 43.4 Å². The number of benzene rings is 3. The van der Waals surface area contributed by atoms with Crippen molar-refractivity contribution < 1.29 is 19.1 Å². The lowest BCUT2D eigenvalue weighted by molar-refractivity contribution is -0.118. The van der Waals surface area contributed by atoms with Crippen molar-refractivity contribution in [2.75, 3.05) is 42.4 Å². The van der Waals surface area contributed by atoms with E-state index in [1.54, 1.807) is 23.1 Å². The molecule has 0 spiro atoms. The van der Waals surface area contributed by atoms with Crippen LogP contribution in [0.3, 0.4) is 0 Å². The molecular formula is C30H31N3O4S2. The van der Waals surface area contributed by atoms with E-state index in [0.29, 0.717) is 33.0 Å². The van der Waals surface area contributed by atoms with Gasteiger partial charge in [0.15, 0.2) is 22.4 Å². The van der Waals surface area contributed by atoms with Gasteiger partial charge in [0.05, 0.1) is 17.2 Å². The van der Waals surface area contributed by atoms with Gasteiger partial charge < -0.3 is 19.7 Å². The van der Waals surface area contributed by atoms with Crippen molar-refractivity contribution in [1.29, 1.82) is 0 Å². The standard InChI is InChI=1S/C30H31N3O4S2/c1-5-20-7-10-22(11-8-20)31-28(34)19-37-25-16-9-21(17-26(25)36-6-2)18-27-29(35)33(30(38)39-27)24-14-12-23(13-15-24)32(3)4/h7-18H,5-6,19H2,1-4H3,(H,31,34)/b27-18-. The maximum Gasteiger partial charge on any atom is 0.270 e. The monoisotopic (exact) mass is 561 g/mol. The topological polar surface area (TPSA) is 71.1 Å². The molecule has 1 fully saturated rings. The molecule has 0 saturated carbocycles. The summed E-state index contributed by atoms with van der Waals surface area (Å²) in [4.78, 5) is 29.7. The number of hydrogen-bond donors (Lipinski definition) is 1. The maximum absolute atomic E-state index is 13.2. The Hall–Kier alpha value is -3.82. The number of nitrogens with zero attached hydrogens (tertiary/aromatic N) is 2. The number of carbonyl (C=O) groups is 2. The van der Waals surface area contributed by atoms with Gasteiger partial charge in [-0.15, -0.1) is 0 Å². The fraction of sp³-hybridized carbons (Fsp3) is 0.233. The van der Waals surface area contributed by atoms with E-state index >= 15 is 0 Å². The van der Waals surface area contributed by atoms with Crippen LogP contribution < -0.4 is 24.6 Å². The summed E-state index contributed by atoms with van der Waals surface area (Å²) in [5, 5.41) is 2.84. The lowest BCUT2D eigenvalue weighted by atomic mass is 10.1. The number of aryl methyl sites for hydroxylation is 1. The number of nitrogens with one attached hydrogen (secondary N) is 1. The normalized spacial score (nSPS) is 14.1. The summed E-state index contributed by atoms with van der Waals surface area (Å²) in [5.41, 5.74) is 4.44. The van der Waals surface area contributed by atoms with Crippen LogP contribution >= 0.6 is 24.0 Å². The van der Waals surface area contributed by atoms with Crippen LogP contribution in [0.5, 0.6) is 11.5 Å². The zero-order chi connectivity index (χ0) is 27.9. The summed E-state index contributed by atoms with van der Waals surface area (Å²) in [5.74, 6) is 0.484. The van der Waals surface area contributed by atoms with Crippen molar-refractivity contribution in [1.82, 2.24) is 0 Å². The number of hydrogen-bond acceptors (Lipinski definition) is 7. The number of thiocarbonyl (C=S) groups is 1. The number of amides is 2. The average Bonchev–Trinajstić information content (AvgIpc) is 3.21. The minimum absolute atomic E-state index is 0.166. The Morgan fingerprint density at radius 1 is 1.00 bits per heavy atom. The molecule has 1 saturated heterocycles. The smallest absolute Gasteiger partial charge is 0.270 e. The lowest BCUT2D eigenvalue weighted by Gasteiger charge is -2.17. The van der Waals surface area contributed by atoms with Crippen molar-refractivity contribution in [3.63, 3.8) is 0 Å². The summed E-state index contributed by atoms with van der Waals surface area (Å²) < 4.78 is 12.0. The van der Waals surface area contributed by atoms with Crippen molar-refractivity contribution in [2.45, 2.75) is 20.3 Å². The third-order valence-corrected chi connectivity index (χ3v) is 7.29. The molecule has 0 aromatic heterocycles. The summed E-state index contributed by atoms with van der Waals surface area (Å²) in [6.07, 6.45) is 2.72. The first-order chi connectivity index (χ1) is 18.8. The molecule has 7 nitrogen and oxygen atoms in total. The van der Waals surface area contributed by atoms with Gasteiger partial charge in [0.1, 0.15) is 0 Å². The zero-order valence-electron chi connectivity index (χ0n) is 22.4. The largest absolute Gasteiger partial charge is 0.490 e. The van der Waals surface area contributed by atoms with E-state index in [1.807, 2.05) is 80.5 Å². The Bertz CT molecular complexity index is 1390. The fourth-order valence-corrected chi connectivity index (χ4v) is 5.21. The van der Waals surface area contributed by atoms with Crippen LogP contribution in [0.2, 0.25) is 0 Å². The summed E-state index contributed by atoms with van der Waals surface area (Å²) >= 11 is 6.77. The van der Waals surface area contributed by atoms with Crippen molar-refractivity contribution >= 4 is 63.3 Å². The van der Waals surface area contributed by atoms with Crippen molar-refractivity contribution in [3.8, 4) is 11.5 Å². The molecule has 1 heterocycles. The molecule has 3 aromatic carbocycles. The molecule has 1 N–H and O–H groups in total. The number of thioether (sulfide) groups is 1. The molecule has 0 radical (unpaired) electrons. The van der Waals surface area contributed by atoms with E-state index < -0.39 is 0 Å². The van der Waals surface area contributed by atoms with Gasteiger partial charge in [0.2, 0.25) is 0 Å². The molecule has 39 heavy (non-hydrogen) atoms. The molecule has 202 valence electrons. The van der Waals surface area contributed by atoms with Gasteiger partial charge in [-0.3, -0.25) is 14.5 Å². The maximum atomic E-state index is 13.2. The van der Waals surface area contributed by atoms with Gasteiger partial charge in [0.25, 0.3) is 11.8 Å². The van der Waals surface area contributed by atoms with Gasteiger partial charge in [0, 0.05) is 25.5 Å². The third-order valence-electron chi connectivity index (χ3n) is 5.99. The van der Waals surface area contributed by atoms with E-state index in [9.17, 15) is 9.59 Å². The first kappa shape index (κ1) is 28.2. The van der Waals surface area contributed by atoms with Crippen LogP contribution in [0.1, 0.15) is 25.0 Å². The SMILES string of the molecule is CCOc1cc(/C=C2\SC(=S)N(c3ccc(N(C)C)cc3)C2=O)ccc1OCC(=O)Nc1ccc(CC)cc1. The Labute approximate surface area is 238 Å². The molecule has 3 aromatic rings. The Balaban J connectivity index is 1.45. The fourth-order valence-electron chi connectivity index (χ4n) is 3.91. The summed E-state index contributed by atoms with van der Waals surface area (Å²) in [7, 11) is 3.93. The third kappa shape index (κ3) is 6.99. The van der Waals surface area contributed by atoms with Crippen LogP contribution in [0.25, 0.3) is 6.08 Å². The van der Waals surface area contributed by atoms with Gasteiger partial charge >= 0.3 is 0 Å². The minimum Gasteiger partial charge on any atom is -0.490 e. The predicted molar refractivity (Wildman–Crippen MR) is 164 cm³/mol. The minimum atomic E-state index is -0.270. The molecule has 0 bridgehead atoms. The molecule has 1 aliphatic heterocycles. The number of carbonyl (C=O) groups excluding carboxylic acids is 2. The van der Waals surface area contributed by atoms with Crippen LogP contribution in [0.4, 0.5) is 17.1 Å². The van der Waals surface area contributed by atoms with Crippen LogP contribution in [0, 0.1) is 0 Å².